The van der Waals surface area contributed by atoms with Crippen LogP contribution in [0.25, 0.3) is 0 Å². The largest absolute Gasteiger partial charge is 0.334 e. The van der Waals surface area contributed by atoms with Gasteiger partial charge in [0.15, 0.2) is 0 Å². The number of aryl methyl sites for hydroxylation is 2. The summed E-state index contributed by atoms with van der Waals surface area (Å²) in [6.07, 6.45) is 7.85. The van der Waals surface area contributed by atoms with Gasteiger partial charge in [0.05, 0.1) is 6.54 Å². The number of piperidine rings is 1. The van der Waals surface area contributed by atoms with E-state index < -0.39 is 0 Å². The lowest BCUT2D eigenvalue weighted by molar-refractivity contribution is 0.141. The van der Waals surface area contributed by atoms with Gasteiger partial charge >= 0.3 is 0 Å². The van der Waals surface area contributed by atoms with Crippen LogP contribution in [0.2, 0.25) is 0 Å². The van der Waals surface area contributed by atoms with Gasteiger partial charge in [-0.05, 0) is 63.7 Å². The highest BCUT2D eigenvalue weighted by Gasteiger charge is 2.21. The average Bonchev–Trinajstić information content (AvgIpc) is 3.08. The Bertz CT molecular complexity index is 678. The van der Waals surface area contributed by atoms with E-state index in [0.717, 1.165) is 25.6 Å². The molecular weight excluding hydrogens is 320 g/mol. The molecule has 1 saturated heterocycles. The Labute approximate surface area is 158 Å². The summed E-state index contributed by atoms with van der Waals surface area (Å²) in [7, 11) is 2.24. The van der Waals surface area contributed by atoms with E-state index in [9.17, 15) is 0 Å². The van der Waals surface area contributed by atoms with Crippen LogP contribution in [-0.4, -0.2) is 52.6 Å². The molecule has 0 bridgehead atoms. The quantitative estimate of drug-likeness (QED) is 0.724. The third kappa shape index (κ3) is 5.18. The number of nitrogens with zero attached hydrogens (tertiary/aromatic N) is 4. The van der Waals surface area contributed by atoms with E-state index in [-0.39, 0.29) is 0 Å². The maximum Gasteiger partial charge on any atom is 0.122 e. The summed E-state index contributed by atoms with van der Waals surface area (Å²) in [6, 6.07) is 8.80. The van der Waals surface area contributed by atoms with Gasteiger partial charge in [-0.3, -0.25) is 4.90 Å². The van der Waals surface area contributed by atoms with Crippen molar-refractivity contribution in [3.05, 3.63) is 53.6 Å². The fraction of sp³-hybridized carbons (Fsp3) is 0.591. The highest BCUT2D eigenvalue weighted by molar-refractivity contribution is 5.25. The Morgan fingerprint density at radius 2 is 2.12 bits per heavy atom. The Kier molecular flexibility index (Phi) is 6.86. The normalized spacial score (nSPS) is 18.5. The third-order valence-corrected chi connectivity index (χ3v) is 5.69. The Morgan fingerprint density at radius 3 is 2.92 bits per heavy atom. The minimum atomic E-state index is 0.774. The number of hydrogen-bond donors (Lipinski definition) is 0. The topological polar surface area (TPSA) is 24.3 Å². The molecule has 3 rings (SSSR count). The van der Waals surface area contributed by atoms with E-state index in [4.69, 9.17) is 0 Å². The van der Waals surface area contributed by atoms with Crippen LogP contribution in [-0.2, 0) is 19.5 Å². The molecule has 1 aliphatic heterocycles. The molecule has 0 unspecified atom stereocenters. The minimum Gasteiger partial charge on any atom is -0.334 e. The zero-order valence-electron chi connectivity index (χ0n) is 16.7. The zero-order chi connectivity index (χ0) is 18.4. The van der Waals surface area contributed by atoms with Crippen molar-refractivity contribution in [1.29, 1.82) is 0 Å². The van der Waals surface area contributed by atoms with Gasteiger partial charge < -0.3 is 9.47 Å². The second-order valence-electron chi connectivity index (χ2n) is 7.81. The molecule has 0 aliphatic carbocycles. The highest BCUT2D eigenvalue weighted by atomic mass is 15.2. The van der Waals surface area contributed by atoms with Crippen molar-refractivity contribution in [3.8, 4) is 0 Å². The van der Waals surface area contributed by atoms with E-state index >= 15 is 0 Å². The Morgan fingerprint density at radius 1 is 1.27 bits per heavy atom. The van der Waals surface area contributed by atoms with Gasteiger partial charge in [-0.15, -0.1) is 0 Å². The Balaban J connectivity index is 1.46. The van der Waals surface area contributed by atoms with Gasteiger partial charge in [0.2, 0.25) is 0 Å². The first-order valence-corrected chi connectivity index (χ1v) is 10.1. The van der Waals surface area contributed by atoms with Crippen molar-refractivity contribution in [2.45, 2.75) is 46.2 Å². The molecule has 142 valence electrons. The first-order valence-electron chi connectivity index (χ1n) is 10.1. The van der Waals surface area contributed by atoms with Crippen LogP contribution in [0.1, 0.15) is 36.7 Å². The van der Waals surface area contributed by atoms with Crippen molar-refractivity contribution in [3.63, 3.8) is 0 Å². The summed E-state index contributed by atoms with van der Waals surface area (Å²) in [5, 5.41) is 0. The summed E-state index contributed by atoms with van der Waals surface area (Å²) in [5.74, 6) is 1.96. The first-order chi connectivity index (χ1) is 12.7. The third-order valence-electron chi connectivity index (χ3n) is 5.69. The van der Waals surface area contributed by atoms with Crippen molar-refractivity contribution in [2.75, 3.05) is 33.2 Å². The summed E-state index contributed by atoms with van der Waals surface area (Å²) in [6.45, 7) is 11.2. The molecule has 0 spiro atoms. The van der Waals surface area contributed by atoms with Crippen molar-refractivity contribution >= 4 is 0 Å². The van der Waals surface area contributed by atoms with Crippen molar-refractivity contribution in [2.24, 2.45) is 5.92 Å². The number of imidazole rings is 1. The molecule has 4 nitrogen and oxygen atoms in total. The molecule has 4 heteroatoms. The van der Waals surface area contributed by atoms with E-state index in [1.807, 2.05) is 6.20 Å². The molecule has 1 atom stereocenters. The monoisotopic (exact) mass is 354 g/mol. The fourth-order valence-electron chi connectivity index (χ4n) is 4.20. The van der Waals surface area contributed by atoms with Crippen LogP contribution in [0.15, 0.2) is 36.7 Å². The molecule has 1 aromatic heterocycles. The number of benzene rings is 1. The molecule has 0 amide bonds. The highest BCUT2D eigenvalue weighted by Crippen LogP contribution is 2.19. The van der Waals surface area contributed by atoms with E-state index in [1.165, 1.54) is 55.8 Å². The van der Waals surface area contributed by atoms with Crippen LogP contribution in [0.3, 0.4) is 0 Å². The fourth-order valence-corrected chi connectivity index (χ4v) is 4.20. The predicted octanol–water partition coefficient (Wildman–Crippen LogP) is 3.60. The van der Waals surface area contributed by atoms with Crippen LogP contribution in [0, 0.1) is 12.8 Å². The number of hydrogen-bond acceptors (Lipinski definition) is 3. The molecule has 26 heavy (non-hydrogen) atoms. The number of aromatic nitrogens is 2. The second kappa shape index (κ2) is 9.33. The van der Waals surface area contributed by atoms with E-state index in [0.29, 0.717) is 0 Å². The smallest absolute Gasteiger partial charge is 0.122 e. The van der Waals surface area contributed by atoms with E-state index in [1.54, 1.807) is 0 Å². The van der Waals surface area contributed by atoms with Gasteiger partial charge in [-0.25, -0.2) is 4.98 Å². The second-order valence-corrected chi connectivity index (χ2v) is 7.81. The SMILES string of the molecule is CCn1ccnc1CN(C)C[C@H]1CCCN(CCc2ccccc2C)C1. The Hall–Kier alpha value is -1.65. The van der Waals surface area contributed by atoms with Crippen molar-refractivity contribution in [1.82, 2.24) is 19.4 Å². The zero-order valence-corrected chi connectivity index (χ0v) is 16.7. The van der Waals surface area contributed by atoms with Gasteiger partial charge in [0, 0.05) is 38.6 Å². The van der Waals surface area contributed by atoms with Gasteiger partial charge in [0.1, 0.15) is 5.82 Å². The lowest BCUT2D eigenvalue weighted by Gasteiger charge is -2.34. The summed E-state index contributed by atoms with van der Waals surface area (Å²) in [4.78, 5) is 9.63. The summed E-state index contributed by atoms with van der Waals surface area (Å²) in [5.41, 5.74) is 2.92. The molecular formula is C22H34N4. The molecule has 2 aromatic rings. The lowest BCUT2D eigenvalue weighted by Crippen LogP contribution is -2.41. The molecule has 0 N–H and O–H groups in total. The first kappa shape index (κ1) is 19.1. The minimum absolute atomic E-state index is 0.774. The molecule has 2 heterocycles. The predicted molar refractivity (Wildman–Crippen MR) is 108 cm³/mol. The average molecular weight is 355 g/mol. The van der Waals surface area contributed by atoms with Crippen LogP contribution in [0.5, 0.6) is 0 Å². The van der Waals surface area contributed by atoms with Crippen molar-refractivity contribution < 1.29 is 0 Å². The number of likely N-dealkylation sites (tertiary alicyclic amines) is 1. The van der Waals surface area contributed by atoms with Gasteiger partial charge in [-0.1, -0.05) is 24.3 Å². The standard InChI is InChI=1S/C22H34N4/c1-4-26-15-12-23-22(26)18-24(3)16-20-9-7-13-25(17-20)14-11-21-10-6-5-8-19(21)2/h5-6,8,10,12,15,20H,4,7,9,11,13-14,16-18H2,1-3H3/t20-/m1/s1. The molecule has 1 aromatic carbocycles. The summed E-state index contributed by atoms with van der Waals surface area (Å²) < 4.78 is 2.24. The molecule has 1 fully saturated rings. The van der Waals surface area contributed by atoms with Gasteiger partial charge in [-0.2, -0.15) is 0 Å². The molecule has 1 aliphatic rings. The number of rotatable bonds is 8. The summed E-state index contributed by atoms with van der Waals surface area (Å²) >= 11 is 0. The van der Waals surface area contributed by atoms with Gasteiger partial charge in [0.25, 0.3) is 0 Å². The van der Waals surface area contributed by atoms with Crippen LogP contribution in [0.4, 0.5) is 0 Å². The lowest BCUT2D eigenvalue weighted by atomic mass is 9.96. The van der Waals surface area contributed by atoms with Crippen LogP contribution < -0.4 is 0 Å². The molecule has 0 radical (unpaired) electrons. The van der Waals surface area contributed by atoms with E-state index in [2.05, 4.69) is 70.7 Å². The maximum absolute atomic E-state index is 4.52. The molecule has 0 saturated carbocycles. The van der Waals surface area contributed by atoms with Crippen LogP contribution >= 0.6 is 0 Å². The maximum atomic E-state index is 4.52.